The van der Waals surface area contributed by atoms with E-state index in [9.17, 15) is 9.59 Å². The van der Waals surface area contributed by atoms with Crippen molar-refractivity contribution in [3.8, 4) is 0 Å². The molecule has 2 amide bonds. The van der Waals surface area contributed by atoms with Gasteiger partial charge in [-0.2, -0.15) is 0 Å². The average Bonchev–Trinajstić information content (AvgIpc) is 2.76. The molecule has 0 aliphatic heterocycles. The lowest BCUT2D eigenvalue weighted by Crippen LogP contribution is -2.47. The molecule has 0 saturated carbocycles. The topological polar surface area (TPSA) is 49.4 Å². The Labute approximate surface area is 203 Å². The molecular formula is C24H30BrClN2O2S. The summed E-state index contributed by atoms with van der Waals surface area (Å²) in [5.41, 5.74) is 0.992. The fourth-order valence-electron chi connectivity index (χ4n) is 3.04. The molecule has 31 heavy (non-hydrogen) atoms. The number of carbonyl (C=O) groups excluding carboxylic acids is 2. The fourth-order valence-corrected chi connectivity index (χ4v) is 4.46. The van der Waals surface area contributed by atoms with Crippen LogP contribution in [0.5, 0.6) is 0 Å². The van der Waals surface area contributed by atoms with Crippen molar-refractivity contribution < 1.29 is 9.59 Å². The fraction of sp³-hybridized carbons (Fsp3) is 0.417. The van der Waals surface area contributed by atoms with Crippen molar-refractivity contribution >= 4 is 51.1 Å². The summed E-state index contributed by atoms with van der Waals surface area (Å²) >= 11 is 11.1. The molecule has 0 aliphatic rings. The minimum atomic E-state index is -0.521. The van der Waals surface area contributed by atoms with Crippen LogP contribution in [-0.4, -0.2) is 35.1 Å². The van der Waals surface area contributed by atoms with E-state index in [1.54, 1.807) is 23.6 Å². The van der Waals surface area contributed by atoms with Crippen molar-refractivity contribution in [2.45, 2.75) is 57.0 Å². The standard InChI is InChI=1S/C24H30BrClN2O2S/c1-3-4-14-27-24(30)18(2)28(17-19-7-5-8-20(25)16-19)23(29)9-6-15-31-22-12-10-21(26)11-13-22/h5,7-8,10-13,16,18H,3-4,6,9,14-15,17H2,1-2H3,(H,27,30). The number of nitrogens with one attached hydrogen (secondary N) is 1. The predicted molar refractivity (Wildman–Crippen MR) is 133 cm³/mol. The first-order valence-corrected chi connectivity index (χ1v) is 12.8. The van der Waals surface area contributed by atoms with Crippen LogP contribution in [0.1, 0.15) is 45.1 Å². The third-order valence-corrected chi connectivity index (χ3v) is 6.70. The first-order chi connectivity index (χ1) is 14.9. The molecule has 7 heteroatoms. The van der Waals surface area contributed by atoms with Crippen molar-refractivity contribution in [2.24, 2.45) is 0 Å². The van der Waals surface area contributed by atoms with Crippen LogP contribution in [0.4, 0.5) is 0 Å². The van der Waals surface area contributed by atoms with E-state index in [1.165, 1.54) is 0 Å². The highest BCUT2D eigenvalue weighted by Crippen LogP contribution is 2.22. The number of rotatable bonds is 12. The highest BCUT2D eigenvalue weighted by molar-refractivity contribution is 9.10. The van der Waals surface area contributed by atoms with Crippen LogP contribution in [0, 0.1) is 0 Å². The second kappa shape index (κ2) is 13.8. The third kappa shape index (κ3) is 9.26. The van der Waals surface area contributed by atoms with Gasteiger partial charge in [-0.25, -0.2) is 0 Å². The molecule has 4 nitrogen and oxygen atoms in total. The number of unbranched alkanes of at least 4 members (excludes halogenated alkanes) is 1. The van der Waals surface area contributed by atoms with Gasteiger partial charge >= 0.3 is 0 Å². The minimum Gasteiger partial charge on any atom is -0.354 e. The van der Waals surface area contributed by atoms with Gasteiger partial charge in [0.15, 0.2) is 0 Å². The van der Waals surface area contributed by atoms with Crippen molar-refractivity contribution in [3.05, 3.63) is 63.6 Å². The summed E-state index contributed by atoms with van der Waals surface area (Å²) in [6.45, 7) is 4.93. The second-order valence-electron chi connectivity index (χ2n) is 7.38. The molecule has 1 N–H and O–H groups in total. The van der Waals surface area contributed by atoms with Gasteiger partial charge in [0, 0.05) is 33.9 Å². The number of benzene rings is 2. The monoisotopic (exact) mass is 524 g/mol. The summed E-state index contributed by atoms with van der Waals surface area (Å²) in [6, 6.07) is 15.0. The maximum absolute atomic E-state index is 13.1. The molecular weight excluding hydrogens is 496 g/mol. The number of hydrogen-bond acceptors (Lipinski definition) is 3. The smallest absolute Gasteiger partial charge is 0.242 e. The average molecular weight is 526 g/mol. The maximum Gasteiger partial charge on any atom is 0.242 e. The molecule has 1 unspecified atom stereocenters. The van der Waals surface area contributed by atoms with Crippen molar-refractivity contribution in [1.82, 2.24) is 10.2 Å². The minimum absolute atomic E-state index is 0.00479. The number of hydrogen-bond donors (Lipinski definition) is 1. The van der Waals surface area contributed by atoms with Crippen molar-refractivity contribution in [3.63, 3.8) is 0 Å². The Kier molecular flexibility index (Phi) is 11.5. The first kappa shape index (κ1) is 25.8. The molecule has 0 radical (unpaired) electrons. The Hall–Kier alpha value is -1.50. The van der Waals surface area contributed by atoms with E-state index in [4.69, 9.17) is 11.6 Å². The van der Waals surface area contributed by atoms with Gasteiger partial charge in [0.1, 0.15) is 6.04 Å². The molecule has 0 spiro atoms. The summed E-state index contributed by atoms with van der Waals surface area (Å²) in [4.78, 5) is 28.5. The molecule has 1 atom stereocenters. The van der Waals surface area contributed by atoms with Gasteiger partial charge < -0.3 is 10.2 Å². The third-order valence-electron chi connectivity index (χ3n) is 4.86. The molecule has 168 valence electrons. The molecule has 2 aromatic rings. The lowest BCUT2D eigenvalue weighted by atomic mass is 10.1. The maximum atomic E-state index is 13.1. The van der Waals surface area contributed by atoms with Crippen molar-refractivity contribution in [2.75, 3.05) is 12.3 Å². The molecule has 0 bridgehead atoms. The van der Waals surface area contributed by atoms with E-state index in [-0.39, 0.29) is 11.8 Å². The van der Waals surface area contributed by atoms with Gasteiger partial charge in [-0.05, 0) is 67.5 Å². The largest absolute Gasteiger partial charge is 0.354 e. The van der Waals surface area contributed by atoms with E-state index >= 15 is 0 Å². The molecule has 2 rings (SSSR count). The van der Waals surface area contributed by atoms with Crippen LogP contribution in [0.25, 0.3) is 0 Å². The summed E-state index contributed by atoms with van der Waals surface area (Å²) < 4.78 is 0.955. The molecule has 0 saturated heterocycles. The summed E-state index contributed by atoms with van der Waals surface area (Å²) in [5, 5.41) is 3.67. The lowest BCUT2D eigenvalue weighted by Gasteiger charge is -2.29. The highest BCUT2D eigenvalue weighted by atomic mass is 79.9. The summed E-state index contributed by atoms with van der Waals surface area (Å²) in [6.07, 6.45) is 3.09. The number of amides is 2. The van der Waals surface area contributed by atoms with Gasteiger partial charge in [-0.3, -0.25) is 9.59 Å². The highest BCUT2D eigenvalue weighted by Gasteiger charge is 2.25. The Morgan fingerprint density at radius 2 is 1.90 bits per heavy atom. The molecule has 0 heterocycles. The summed E-state index contributed by atoms with van der Waals surface area (Å²) in [7, 11) is 0. The number of nitrogens with zero attached hydrogens (tertiary/aromatic N) is 1. The quantitative estimate of drug-likeness (QED) is 0.261. The zero-order valence-corrected chi connectivity index (χ0v) is 21.2. The molecule has 0 aliphatic carbocycles. The Morgan fingerprint density at radius 3 is 2.58 bits per heavy atom. The van der Waals surface area contributed by atoms with Crippen LogP contribution >= 0.6 is 39.3 Å². The van der Waals surface area contributed by atoms with Gasteiger partial charge in [0.05, 0.1) is 0 Å². The van der Waals surface area contributed by atoms with Crippen molar-refractivity contribution in [1.29, 1.82) is 0 Å². The van der Waals surface area contributed by atoms with E-state index in [2.05, 4.69) is 28.2 Å². The Balaban J connectivity index is 1.97. The van der Waals surface area contributed by atoms with Crippen LogP contribution < -0.4 is 5.32 Å². The second-order valence-corrected chi connectivity index (χ2v) is 9.90. The predicted octanol–water partition coefficient (Wildman–Crippen LogP) is 6.31. The van der Waals surface area contributed by atoms with Gasteiger partial charge in [0.2, 0.25) is 11.8 Å². The van der Waals surface area contributed by atoms with Crippen LogP contribution in [-0.2, 0) is 16.1 Å². The molecule has 2 aromatic carbocycles. The Bertz CT molecular complexity index is 848. The number of carbonyl (C=O) groups is 2. The van der Waals surface area contributed by atoms with E-state index < -0.39 is 6.04 Å². The summed E-state index contributed by atoms with van der Waals surface area (Å²) in [5.74, 6) is 0.719. The first-order valence-electron chi connectivity index (χ1n) is 10.6. The zero-order chi connectivity index (χ0) is 22.6. The van der Waals surface area contributed by atoms with E-state index in [0.29, 0.717) is 24.5 Å². The normalized spacial score (nSPS) is 11.7. The van der Waals surface area contributed by atoms with Crippen LogP contribution in [0.3, 0.4) is 0 Å². The lowest BCUT2D eigenvalue weighted by molar-refractivity contribution is -0.140. The number of halogens is 2. The Morgan fingerprint density at radius 1 is 1.16 bits per heavy atom. The van der Waals surface area contributed by atoms with Crippen LogP contribution in [0.15, 0.2) is 57.9 Å². The van der Waals surface area contributed by atoms with E-state index in [1.807, 2.05) is 48.5 Å². The van der Waals surface area contributed by atoms with Gasteiger partial charge in [0.25, 0.3) is 0 Å². The van der Waals surface area contributed by atoms with Gasteiger partial charge in [-0.15, -0.1) is 11.8 Å². The van der Waals surface area contributed by atoms with Gasteiger partial charge in [-0.1, -0.05) is 53.0 Å². The van der Waals surface area contributed by atoms with Crippen LogP contribution in [0.2, 0.25) is 5.02 Å². The zero-order valence-electron chi connectivity index (χ0n) is 18.1. The molecule has 0 aromatic heterocycles. The molecule has 0 fully saturated rings. The van der Waals surface area contributed by atoms with E-state index in [0.717, 1.165) is 39.9 Å². The number of thioether (sulfide) groups is 1. The SMILES string of the molecule is CCCCNC(=O)C(C)N(Cc1cccc(Br)c1)C(=O)CCCSc1ccc(Cl)cc1.